The highest BCUT2D eigenvalue weighted by molar-refractivity contribution is 9.47. The van der Waals surface area contributed by atoms with E-state index in [0.717, 1.165) is 5.69 Å². The smallest absolute Gasteiger partial charge is 0.280 e. The molecule has 51 valence electrons. The Morgan fingerprint density at radius 3 is 2.20 bits per heavy atom. The molecule has 1 nitrogen and oxygen atoms in total. The van der Waals surface area contributed by atoms with E-state index >= 15 is 0 Å². The molecule has 0 N–H and O–H groups in total. The fourth-order valence-corrected chi connectivity index (χ4v) is 0.398. The minimum absolute atomic E-state index is 0.0417. The van der Waals surface area contributed by atoms with Crippen LogP contribution in [0.2, 0.25) is 0 Å². The summed E-state index contributed by atoms with van der Waals surface area (Å²) < 4.78 is 0. The monoisotopic (exact) mass is 274 g/mol. The molecule has 1 rings (SSSR count). The maximum absolute atomic E-state index is 3.87. The lowest BCUT2D eigenvalue weighted by Crippen LogP contribution is -1.72. The Labute approximate surface area is 83.1 Å². The molecular formula is C6H6Br2MgN. The highest BCUT2D eigenvalue weighted by atomic mass is 79.9. The van der Waals surface area contributed by atoms with Gasteiger partial charge in [-0.25, -0.2) is 0 Å². The third-order valence-electron chi connectivity index (χ3n) is 0.726. The maximum atomic E-state index is 3.87. The van der Waals surface area contributed by atoms with Crippen molar-refractivity contribution in [1.29, 1.82) is 0 Å². The lowest BCUT2D eigenvalue weighted by Gasteiger charge is -1.82. The molecule has 0 aliphatic heterocycles. The summed E-state index contributed by atoms with van der Waals surface area (Å²) in [5.74, 6) is 0. The van der Waals surface area contributed by atoms with Crippen molar-refractivity contribution in [3.05, 3.63) is 37.0 Å². The second kappa shape index (κ2) is 7.98. The number of nitrogens with zero attached hydrogens (tertiary/aromatic N) is 1. The molecule has 0 fully saturated rings. The zero-order valence-electron chi connectivity index (χ0n) is 5.43. The van der Waals surface area contributed by atoms with Crippen molar-refractivity contribution in [2.75, 3.05) is 0 Å². The van der Waals surface area contributed by atoms with Crippen LogP contribution in [-0.2, 0) is 0 Å². The predicted molar refractivity (Wildman–Crippen MR) is 52.3 cm³/mol. The van der Waals surface area contributed by atoms with Gasteiger partial charge in [0, 0.05) is 11.9 Å². The Morgan fingerprint density at radius 2 is 2.00 bits per heavy atom. The van der Waals surface area contributed by atoms with Crippen molar-refractivity contribution in [3.63, 3.8) is 0 Å². The lowest BCUT2D eigenvalue weighted by atomic mass is 10.4. The summed E-state index contributed by atoms with van der Waals surface area (Å²) in [6, 6.07) is 5.64. The average molecular weight is 276 g/mol. The van der Waals surface area contributed by atoms with Crippen LogP contribution in [0, 0.1) is 6.92 Å². The second-order valence-corrected chi connectivity index (χ2v) is 9.50. The molecule has 0 bridgehead atoms. The molecule has 0 saturated carbocycles. The molecule has 1 aromatic heterocycles. The van der Waals surface area contributed by atoms with Crippen molar-refractivity contribution in [3.8, 4) is 0 Å². The number of hydrogen-bond acceptors (Lipinski definition) is 1. The molecule has 1 heterocycles. The highest BCUT2D eigenvalue weighted by Gasteiger charge is 1.73. The van der Waals surface area contributed by atoms with Crippen molar-refractivity contribution in [2.24, 2.45) is 0 Å². The fourth-order valence-electron chi connectivity index (χ4n) is 0.398. The molecule has 0 aliphatic carbocycles. The van der Waals surface area contributed by atoms with Gasteiger partial charge in [0.25, 0.3) is 0 Å². The lowest BCUT2D eigenvalue weighted by molar-refractivity contribution is 1.27. The summed E-state index contributed by atoms with van der Waals surface area (Å²) in [6.07, 6.45) is 1.72. The van der Waals surface area contributed by atoms with Crippen LogP contribution in [0.5, 0.6) is 0 Å². The highest BCUT2D eigenvalue weighted by Crippen LogP contribution is 1.85. The van der Waals surface area contributed by atoms with Crippen LogP contribution >= 0.6 is 25.8 Å². The Hall–Kier alpha value is 0.876. The molecule has 0 atom stereocenters. The molecule has 10 heavy (non-hydrogen) atoms. The van der Waals surface area contributed by atoms with Gasteiger partial charge in [0.05, 0.1) is 0 Å². The molecule has 0 spiro atoms. The third kappa shape index (κ3) is 6.99. The van der Waals surface area contributed by atoms with Gasteiger partial charge in [0.1, 0.15) is 0 Å². The van der Waals surface area contributed by atoms with E-state index in [0.29, 0.717) is 0 Å². The van der Waals surface area contributed by atoms with Gasteiger partial charge in [-0.3, -0.25) is 30.8 Å². The molecule has 0 unspecified atom stereocenters. The van der Waals surface area contributed by atoms with E-state index in [4.69, 9.17) is 0 Å². The standard InChI is InChI=1S/C6H6N.2BrH.Mg/c1-6-4-2-3-5-7-6;;;/h2-5H,1H2;2*1H;/q;;;+2/p-2. The van der Waals surface area contributed by atoms with E-state index < -0.39 is 0 Å². The molecule has 0 amide bonds. The van der Waals surface area contributed by atoms with Gasteiger partial charge in [-0.2, -0.15) is 0 Å². The molecule has 0 saturated heterocycles. The normalized spacial score (nSPS) is 7.10. The molecule has 0 aliphatic rings. The second-order valence-electron chi connectivity index (χ2n) is 1.42. The predicted octanol–water partition coefficient (Wildman–Crippen LogP) is 2.57. The molecule has 1 radical (unpaired) electrons. The van der Waals surface area contributed by atoms with E-state index in [1.54, 1.807) is 6.20 Å². The van der Waals surface area contributed by atoms with Gasteiger partial charge in [-0.05, 0) is 19.1 Å². The quantitative estimate of drug-likeness (QED) is 0.664. The van der Waals surface area contributed by atoms with Crippen LogP contribution in [0.1, 0.15) is 5.69 Å². The summed E-state index contributed by atoms with van der Waals surface area (Å²) in [7, 11) is 0. The van der Waals surface area contributed by atoms with Gasteiger partial charge in [0.15, 0.2) is 0 Å². The van der Waals surface area contributed by atoms with Crippen molar-refractivity contribution in [1.82, 2.24) is 4.98 Å². The van der Waals surface area contributed by atoms with E-state index in [1.165, 1.54) is 0 Å². The Bertz CT molecular complexity index is 157. The van der Waals surface area contributed by atoms with Gasteiger partial charge in [0.2, 0.25) is 0 Å². The minimum Gasteiger partial charge on any atom is -0.280 e. The first-order valence-electron chi connectivity index (χ1n) is 2.66. The van der Waals surface area contributed by atoms with Crippen molar-refractivity contribution < 1.29 is 0 Å². The Balaban J connectivity index is 0.000000236. The first-order chi connectivity index (χ1) is 4.81. The number of pyridine rings is 1. The Morgan fingerprint density at radius 1 is 1.40 bits per heavy atom. The summed E-state index contributed by atoms with van der Waals surface area (Å²) in [6.45, 7) is 3.61. The molecule has 0 aromatic carbocycles. The van der Waals surface area contributed by atoms with Gasteiger partial charge >= 0.3 is 16.0 Å². The van der Waals surface area contributed by atoms with Crippen molar-refractivity contribution >= 4 is 41.8 Å². The summed E-state index contributed by atoms with van der Waals surface area (Å²) >= 11 is 6.44. The number of aromatic nitrogens is 1. The fraction of sp³-hybridized carbons (Fsp3) is 0. The van der Waals surface area contributed by atoms with Crippen LogP contribution in [-0.4, -0.2) is 21.0 Å². The van der Waals surface area contributed by atoms with Gasteiger partial charge in [-0.15, -0.1) is 0 Å². The van der Waals surface area contributed by atoms with E-state index in [1.807, 2.05) is 18.2 Å². The van der Waals surface area contributed by atoms with Crippen LogP contribution < -0.4 is 0 Å². The summed E-state index contributed by atoms with van der Waals surface area (Å²) in [4.78, 5) is 3.87. The maximum Gasteiger partial charge on any atom is 0.560 e. The minimum atomic E-state index is 0.0417. The van der Waals surface area contributed by atoms with Crippen LogP contribution in [0.3, 0.4) is 0 Å². The van der Waals surface area contributed by atoms with Crippen LogP contribution in [0.4, 0.5) is 0 Å². The topological polar surface area (TPSA) is 12.9 Å². The summed E-state index contributed by atoms with van der Waals surface area (Å²) in [5, 5.41) is 0. The van der Waals surface area contributed by atoms with E-state index in [9.17, 15) is 0 Å². The average Bonchev–Trinajstić information content (AvgIpc) is 1.91. The van der Waals surface area contributed by atoms with Gasteiger partial charge in [-0.1, -0.05) is 6.07 Å². The molecule has 4 heteroatoms. The zero-order chi connectivity index (χ0) is 7.82. The van der Waals surface area contributed by atoms with Crippen molar-refractivity contribution in [2.45, 2.75) is 0 Å². The number of rotatable bonds is 0. The first kappa shape index (κ1) is 10.9. The van der Waals surface area contributed by atoms with Crippen LogP contribution in [0.15, 0.2) is 24.4 Å². The van der Waals surface area contributed by atoms with Crippen LogP contribution in [0.25, 0.3) is 0 Å². The number of halogens is 2. The molecule has 1 aromatic rings. The molecular weight excluding hydrogens is 270 g/mol. The SMILES string of the molecule is [Br][Mg][Br].[CH2]c1ccccn1. The van der Waals surface area contributed by atoms with E-state index in [2.05, 4.69) is 37.7 Å². The van der Waals surface area contributed by atoms with Gasteiger partial charge < -0.3 is 0 Å². The number of hydrogen-bond donors (Lipinski definition) is 0. The first-order valence-corrected chi connectivity index (χ1v) is 10.5. The zero-order valence-corrected chi connectivity index (χ0v) is 10.0. The third-order valence-corrected chi connectivity index (χ3v) is 0.726. The van der Waals surface area contributed by atoms with E-state index in [-0.39, 0.29) is 16.0 Å². The summed E-state index contributed by atoms with van der Waals surface area (Å²) in [5.41, 5.74) is 0.822. The largest absolute Gasteiger partial charge is 0.560 e. The Kier molecular flexibility index (Phi) is 8.68.